The van der Waals surface area contributed by atoms with Crippen molar-refractivity contribution in [3.8, 4) is 0 Å². The molecule has 4 saturated carbocycles. The minimum atomic E-state index is -0.854. The van der Waals surface area contributed by atoms with Crippen LogP contribution in [0.15, 0.2) is 0 Å². The van der Waals surface area contributed by atoms with Crippen LogP contribution in [-0.4, -0.2) is 23.0 Å². The van der Waals surface area contributed by atoms with Crippen molar-refractivity contribution in [2.24, 2.45) is 22.2 Å². The van der Waals surface area contributed by atoms with Crippen LogP contribution in [0.2, 0.25) is 0 Å². The summed E-state index contributed by atoms with van der Waals surface area (Å²) < 4.78 is 0. The normalized spacial score (nSPS) is 45.4. The van der Waals surface area contributed by atoms with Gasteiger partial charge in [0.15, 0.2) is 0 Å². The second-order valence-electron chi connectivity index (χ2n) is 8.88. The first-order chi connectivity index (χ1) is 9.64. The molecular weight excluding hydrogens is 266 g/mol. The first kappa shape index (κ1) is 14.9. The summed E-state index contributed by atoms with van der Waals surface area (Å²) in [6.45, 7) is 6.48. The van der Waals surface area contributed by atoms with Crippen molar-refractivity contribution >= 4 is 11.9 Å². The van der Waals surface area contributed by atoms with Crippen LogP contribution < -0.4 is 5.32 Å². The third-order valence-corrected chi connectivity index (χ3v) is 5.97. The zero-order valence-corrected chi connectivity index (χ0v) is 13.4. The Morgan fingerprint density at radius 2 is 1.71 bits per heavy atom. The summed E-state index contributed by atoms with van der Waals surface area (Å²) in [5.74, 6) is -0.0678. The van der Waals surface area contributed by atoms with Crippen LogP contribution in [0.3, 0.4) is 0 Å². The molecule has 0 saturated heterocycles. The lowest BCUT2D eigenvalue weighted by molar-refractivity contribution is -0.170. The molecule has 0 aromatic heterocycles. The third kappa shape index (κ3) is 2.58. The standard InChI is InChI=1S/C17H27NO3/c1-11(4-13(19)20)18-14(21)17-7-12-5-15(2,9-17)8-16(3,6-12)10-17/h11-12H,4-10H2,1-3H3,(H,18,21)(H,19,20). The molecule has 2 N–H and O–H groups in total. The first-order valence-corrected chi connectivity index (χ1v) is 8.17. The second-order valence-corrected chi connectivity index (χ2v) is 8.88. The summed E-state index contributed by atoms with van der Waals surface area (Å²) in [5.41, 5.74) is 0.374. The maximum Gasteiger partial charge on any atom is 0.305 e. The Morgan fingerprint density at radius 1 is 1.14 bits per heavy atom. The van der Waals surface area contributed by atoms with Gasteiger partial charge in [-0.2, -0.15) is 0 Å². The molecule has 1 amide bonds. The maximum atomic E-state index is 12.9. The topological polar surface area (TPSA) is 66.4 Å². The van der Waals surface area contributed by atoms with Crippen LogP contribution in [0.4, 0.5) is 0 Å². The average Bonchev–Trinajstić information content (AvgIpc) is 2.21. The number of carboxylic acid groups (broad SMARTS) is 1. The maximum absolute atomic E-state index is 12.9. The number of hydrogen-bond donors (Lipinski definition) is 2. The van der Waals surface area contributed by atoms with Crippen LogP contribution in [-0.2, 0) is 9.59 Å². The van der Waals surface area contributed by atoms with Crippen LogP contribution in [0.25, 0.3) is 0 Å². The lowest BCUT2D eigenvalue weighted by Crippen LogP contribution is -2.60. The van der Waals surface area contributed by atoms with Crippen molar-refractivity contribution in [2.45, 2.75) is 71.8 Å². The summed E-state index contributed by atoms with van der Waals surface area (Å²) in [4.78, 5) is 23.7. The number of amides is 1. The highest BCUT2D eigenvalue weighted by molar-refractivity contribution is 5.84. The molecule has 4 aliphatic rings. The molecular formula is C17H27NO3. The van der Waals surface area contributed by atoms with Gasteiger partial charge in [-0.1, -0.05) is 13.8 Å². The van der Waals surface area contributed by atoms with Crippen LogP contribution >= 0.6 is 0 Å². The smallest absolute Gasteiger partial charge is 0.305 e. The van der Waals surface area contributed by atoms with E-state index < -0.39 is 5.97 Å². The van der Waals surface area contributed by atoms with Crippen LogP contribution in [0.1, 0.15) is 65.7 Å². The minimum absolute atomic E-state index is 0.000214. The molecule has 4 heteroatoms. The van der Waals surface area contributed by atoms with E-state index in [0.717, 1.165) is 19.3 Å². The number of nitrogens with one attached hydrogen (secondary N) is 1. The van der Waals surface area contributed by atoms with Gasteiger partial charge < -0.3 is 10.4 Å². The molecule has 0 spiro atoms. The van der Waals surface area contributed by atoms with Crippen molar-refractivity contribution in [1.82, 2.24) is 5.32 Å². The van der Waals surface area contributed by atoms with Crippen molar-refractivity contribution in [2.75, 3.05) is 0 Å². The van der Waals surface area contributed by atoms with Crippen molar-refractivity contribution < 1.29 is 14.7 Å². The summed E-state index contributed by atoms with van der Waals surface area (Å²) in [6, 6.07) is -0.288. The number of carbonyl (C=O) groups is 2. The van der Waals surface area contributed by atoms with E-state index in [0.29, 0.717) is 16.7 Å². The SMILES string of the molecule is CC(CC(=O)O)NC(=O)C12CC3CC(C)(CC(C)(C3)C1)C2. The Bertz CT molecular complexity index is 468. The van der Waals surface area contributed by atoms with E-state index in [2.05, 4.69) is 19.2 Å². The predicted octanol–water partition coefficient (Wildman–Crippen LogP) is 2.96. The molecule has 0 aromatic rings. The van der Waals surface area contributed by atoms with Crippen molar-refractivity contribution in [1.29, 1.82) is 0 Å². The Morgan fingerprint density at radius 3 is 2.19 bits per heavy atom. The summed E-state index contributed by atoms with van der Waals surface area (Å²) in [5, 5.41) is 11.8. The summed E-state index contributed by atoms with van der Waals surface area (Å²) in [7, 11) is 0. The molecule has 0 radical (unpaired) electrons. The van der Waals surface area contributed by atoms with Gasteiger partial charge in [-0.25, -0.2) is 0 Å². The Balaban J connectivity index is 1.78. The quantitative estimate of drug-likeness (QED) is 0.837. The highest BCUT2D eigenvalue weighted by Gasteiger charge is 2.62. The monoisotopic (exact) mass is 293 g/mol. The van der Waals surface area contributed by atoms with E-state index in [1.165, 1.54) is 19.3 Å². The molecule has 4 fully saturated rings. The average molecular weight is 293 g/mol. The van der Waals surface area contributed by atoms with Gasteiger partial charge in [0.1, 0.15) is 0 Å². The summed E-state index contributed by atoms with van der Waals surface area (Å²) >= 11 is 0. The fraction of sp³-hybridized carbons (Fsp3) is 0.882. The zero-order valence-electron chi connectivity index (χ0n) is 13.4. The van der Waals surface area contributed by atoms with Crippen molar-refractivity contribution in [3.63, 3.8) is 0 Å². The first-order valence-electron chi connectivity index (χ1n) is 8.17. The molecule has 3 unspecified atom stereocenters. The molecule has 4 bridgehead atoms. The van der Waals surface area contributed by atoms with Gasteiger partial charge in [-0.05, 0) is 62.2 Å². The molecule has 4 rings (SSSR count). The highest BCUT2D eigenvalue weighted by Crippen LogP contribution is 2.69. The lowest BCUT2D eigenvalue weighted by atomic mass is 9.40. The van der Waals surface area contributed by atoms with E-state index in [-0.39, 0.29) is 23.8 Å². The van der Waals surface area contributed by atoms with E-state index >= 15 is 0 Å². The number of carboxylic acids is 1. The molecule has 3 atom stereocenters. The largest absolute Gasteiger partial charge is 0.481 e. The number of aliphatic carboxylic acids is 1. The third-order valence-electron chi connectivity index (χ3n) is 5.97. The lowest BCUT2D eigenvalue weighted by Gasteiger charge is -2.64. The van der Waals surface area contributed by atoms with Gasteiger partial charge in [0.2, 0.25) is 5.91 Å². The van der Waals surface area contributed by atoms with Gasteiger partial charge >= 0.3 is 5.97 Å². The summed E-state index contributed by atoms with van der Waals surface area (Å²) in [6.07, 6.45) is 6.75. The molecule has 0 aliphatic heterocycles. The number of hydrogen-bond acceptors (Lipinski definition) is 2. The van der Waals surface area contributed by atoms with Gasteiger partial charge in [-0.15, -0.1) is 0 Å². The van der Waals surface area contributed by atoms with E-state index in [9.17, 15) is 9.59 Å². The molecule has 21 heavy (non-hydrogen) atoms. The van der Waals surface area contributed by atoms with Gasteiger partial charge in [-0.3, -0.25) is 9.59 Å². The van der Waals surface area contributed by atoms with Gasteiger partial charge in [0, 0.05) is 6.04 Å². The van der Waals surface area contributed by atoms with Crippen LogP contribution in [0, 0.1) is 22.2 Å². The molecule has 0 heterocycles. The second kappa shape index (κ2) is 4.47. The van der Waals surface area contributed by atoms with Gasteiger partial charge in [0.25, 0.3) is 0 Å². The molecule has 4 nitrogen and oxygen atoms in total. The molecule has 0 aromatic carbocycles. The van der Waals surface area contributed by atoms with E-state index in [4.69, 9.17) is 5.11 Å². The molecule has 118 valence electrons. The minimum Gasteiger partial charge on any atom is -0.481 e. The van der Waals surface area contributed by atoms with Crippen molar-refractivity contribution in [3.05, 3.63) is 0 Å². The number of carbonyl (C=O) groups excluding carboxylic acids is 1. The van der Waals surface area contributed by atoms with Crippen LogP contribution in [0.5, 0.6) is 0 Å². The van der Waals surface area contributed by atoms with E-state index in [1.54, 1.807) is 6.92 Å². The Hall–Kier alpha value is -1.06. The van der Waals surface area contributed by atoms with Gasteiger partial charge in [0.05, 0.1) is 11.8 Å². The number of rotatable bonds is 4. The Kier molecular flexibility index (Phi) is 3.16. The fourth-order valence-electron chi connectivity index (χ4n) is 6.39. The zero-order chi connectivity index (χ0) is 15.5. The van der Waals surface area contributed by atoms with E-state index in [1.807, 2.05) is 0 Å². The highest BCUT2D eigenvalue weighted by atomic mass is 16.4. The molecule has 4 aliphatic carbocycles. The Labute approximate surface area is 126 Å². The predicted molar refractivity (Wildman–Crippen MR) is 79.7 cm³/mol. The fourth-order valence-corrected chi connectivity index (χ4v) is 6.39.